The smallest absolute Gasteiger partial charge is 0.323 e. The van der Waals surface area contributed by atoms with Gasteiger partial charge in [0.2, 0.25) is 0 Å². The van der Waals surface area contributed by atoms with E-state index in [1.54, 1.807) is 11.7 Å². The SMILES string of the molecule is CC(C)CN(CC(=O)O)C(=O)NCc1cncs1. The first-order chi connectivity index (χ1) is 8.49. The number of aliphatic carboxylic acids is 1. The summed E-state index contributed by atoms with van der Waals surface area (Å²) in [5.74, 6) is -0.790. The van der Waals surface area contributed by atoms with Gasteiger partial charge in [-0.15, -0.1) is 11.3 Å². The van der Waals surface area contributed by atoms with Crippen molar-refractivity contribution in [3.8, 4) is 0 Å². The van der Waals surface area contributed by atoms with Crippen molar-refractivity contribution in [2.24, 2.45) is 5.92 Å². The zero-order valence-electron chi connectivity index (χ0n) is 10.4. The van der Waals surface area contributed by atoms with Crippen LogP contribution in [0.15, 0.2) is 11.7 Å². The highest BCUT2D eigenvalue weighted by atomic mass is 32.1. The van der Waals surface area contributed by atoms with Crippen molar-refractivity contribution in [3.05, 3.63) is 16.6 Å². The molecule has 0 atom stereocenters. The Hall–Kier alpha value is -1.63. The van der Waals surface area contributed by atoms with Gasteiger partial charge in [0.25, 0.3) is 0 Å². The van der Waals surface area contributed by atoms with E-state index in [9.17, 15) is 9.59 Å². The fourth-order valence-electron chi connectivity index (χ4n) is 1.43. The van der Waals surface area contributed by atoms with E-state index < -0.39 is 5.97 Å². The lowest BCUT2D eigenvalue weighted by atomic mass is 10.2. The normalized spacial score (nSPS) is 10.4. The second-order valence-corrected chi connectivity index (χ2v) is 5.27. The van der Waals surface area contributed by atoms with E-state index in [-0.39, 0.29) is 18.5 Å². The van der Waals surface area contributed by atoms with Crippen LogP contribution in [0, 0.1) is 5.92 Å². The fraction of sp³-hybridized carbons (Fsp3) is 0.545. The number of nitrogens with zero attached hydrogens (tertiary/aromatic N) is 2. The molecule has 1 aromatic heterocycles. The molecule has 0 saturated carbocycles. The molecule has 0 aliphatic carbocycles. The van der Waals surface area contributed by atoms with Gasteiger partial charge in [-0.05, 0) is 5.92 Å². The number of carbonyl (C=O) groups is 2. The van der Waals surface area contributed by atoms with Crippen molar-refractivity contribution < 1.29 is 14.7 Å². The summed E-state index contributed by atoms with van der Waals surface area (Å²) in [5.41, 5.74) is 1.69. The van der Waals surface area contributed by atoms with Gasteiger partial charge in [-0.25, -0.2) is 4.79 Å². The van der Waals surface area contributed by atoms with Crippen LogP contribution in [0.5, 0.6) is 0 Å². The molecular formula is C11H17N3O3S. The monoisotopic (exact) mass is 271 g/mol. The van der Waals surface area contributed by atoms with E-state index in [0.717, 1.165) is 4.88 Å². The summed E-state index contributed by atoms with van der Waals surface area (Å²) in [7, 11) is 0. The lowest BCUT2D eigenvalue weighted by Crippen LogP contribution is -2.44. The highest BCUT2D eigenvalue weighted by Crippen LogP contribution is 2.05. The number of amides is 2. The van der Waals surface area contributed by atoms with E-state index >= 15 is 0 Å². The minimum Gasteiger partial charge on any atom is -0.480 e. The number of thiazole rings is 1. The van der Waals surface area contributed by atoms with E-state index in [0.29, 0.717) is 13.1 Å². The predicted octanol–water partition coefficient (Wildman–Crippen LogP) is 1.40. The summed E-state index contributed by atoms with van der Waals surface area (Å²) < 4.78 is 0. The van der Waals surface area contributed by atoms with Gasteiger partial charge in [-0.3, -0.25) is 9.78 Å². The summed E-state index contributed by atoms with van der Waals surface area (Å²) in [6.45, 7) is 4.38. The second-order valence-electron chi connectivity index (χ2n) is 4.29. The predicted molar refractivity (Wildman–Crippen MR) is 68.4 cm³/mol. The molecule has 1 aromatic rings. The number of carbonyl (C=O) groups excluding carboxylic acids is 1. The highest BCUT2D eigenvalue weighted by molar-refractivity contribution is 7.09. The highest BCUT2D eigenvalue weighted by Gasteiger charge is 2.17. The zero-order chi connectivity index (χ0) is 13.5. The molecule has 100 valence electrons. The van der Waals surface area contributed by atoms with Gasteiger partial charge >= 0.3 is 12.0 Å². The first-order valence-corrected chi connectivity index (χ1v) is 6.49. The molecule has 0 radical (unpaired) electrons. The number of rotatable bonds is 6. The number of aromatic nitrogens is 1. The maximum Gasteiger partial charge on any atom is 0.323 e. The van der Waals surface area contributed by atoms with Gasteiger partial charge < -0.3 is 15.3 Å². The average Bonchev–Trinajstić information content (AvgIpc) is 2.76. The van der Waals surface area contributed by atoms with Crippen molar-refractivity contribution in [3.63, 3.8) is 0 Å². The Labute approximate surface area is 110 Å². The van der Waals surface area contributed by atoms with Crippen LogP contribution < -0.4 is 5.32 Å². The van der Waals surface area contributed by atoms with Gasteiger partial charge in [-0.2, -0.15) is 0 Å². The van der Waals surface area contributed by atoms with Crippen LogP contribution in [-0.2, 0) is 11.3 Å². The summed E-state index contributed by atoms with van der Waals surface area (Å²) in [6.07, 6.45) is 1.68. The van der Waals surface area contributed by atoms with E-state index in [4.69, 9.17) is 5.11 Å². The van der Waals surface area contributed by atoms with Crippen molar-refractivity contribution in [2.75, 3.05) is 13.1 Å². The van der Waals surface area contributed by atoms with Crippen molar-refractivity contribution in [2.45, 2.75) is 20.4 Å². The Morgan fingerprint density at radius 1 is 1.56 bits per heavy atom. The van der Waals surface area contributed by atoms with Crippen LogP contribution >= 0.6 is 11.3 Å². The number of carboxylic acid groups (broad SMARTS) is 1. The van der Waals surface area contributed by atoms with Crippen molar-refractivity contribution in [1.82, 2.24) is 15.2 Å². The molecule has 0 aromatic carbocycles. The van der Waals surface area contributed by atoms with Crippen LogP contribution in [0.2, 0.25) is 0 Å². The molecule has 18 heavy (non-hydrogen) atoms. The Bertz CT molecular complexity index is 392. The molecule has 1 rings (SSSR count). The molecule has 2 N–H and O–H groups in total. The first-order valence-electron chi connectivity index (χ1n) is 5.61. The van der Waals surface area contributed by atoms with Gasteiger partial charge in [0.15, 0.2) is 0 Å². The number of nitrogens with one attached hydrogen (secondary N) is 1. The van der Waals surface area contributed by atoms with Crippen LogP contribution in [0.1, 0.15) is 18.7 Å². The van der Waals surface area contributed by atoms with Gasteiger partial charge in [-0.1, -0.05) is 13.8 Å². The number of urea groups is 1. The Morgan fingerprint density at radius 2 is 2.28 bits per heavy atom. The molecular weight excluding hydrogens is 254 g/mol. The number of hydrogen-bond donors (Lipinski definition) is 2. The fourth-order valence-corrected chi connectivity index (χ4v) is 1.96. The quantitative estimate of drug-likeness (QED) is 0.819. The molecule has 2 amide bonds. The molecule has 1 heterocycles. The van der Waals surface area contributed by atoms with Crippen LogP contribution in [0.4, 0.5) is 4.79 Å². The molecule has 0 aliphatic heterocycles. The Kier molecular flexibility index (Phi) is 5.57. The standard InChI is InChI=1S/C11H17N3O3S/c1-8(2)5-14(6-10(15)16)11(17)13-4-9-3-12-7-18-9/h3,7-8H,4-6H2,1-2H3,(H,13,17)(H,15,16). The Balaban J connectivity index is 2.50. The molecule has 0 fully saturated rings. The van der Waals surface area contributed by atoms with Crippen LogP contribution in [-0.4, -0.2) is 40.1 Å². The topological polar surface area (TPSA) is 82.5 Å². The third-order valence-corrected chi connectivity index (χ3v) is 2.88. The maximum absolute atomic E-state index is 11.8. The molecule has 0 saturated heterocycles. The van der Waals surface area contributed by atoms with Crippen LogP contribution in [0.3, 0.4) is 0 Å². The van der Waals surface area contributed by atoms with Crippen LogP contribution in [0.25, 0.3) is 0 Å². The molecule has 0 unspecified atom stereocenters. The largest absolute Gasteiger partial charge is 0.480 e. The van der Waals surface area contributed by atoms with Crippen molar-refractivity contribution in [1.29, 1.82) is 0 Å². The average molecular weight is 271 g/mol. The lowest BCUT2D eigenvalue weighted by molar-refractivity contribution is -0.137. The lowest BCUT2D eigenvalue weighted by Gasteiger charge is -2.22. The maximum atomic E-state index is 11.8. The molecule has 6 nitrogen and oxygen atoms in total. The minimum atomic E-state index is -1.01. The molecule has 0 aliphatic rings. The van der Waals surface area contributed by atoms with Gasteiger partial charge in [0, 0.05) is 17.6 Å². The first kappa shape index (κ1) is 14.4. The third-order valence-electron chi connectivity index (χ3n) is 2.10. The zero-order valence-corrected chi connectivity index (χ0v) is 11.2. The summed E-state index contributed by atoms with van der Waals surface area (Å²) >= 11 is 1.44. The molecule has 7 heteroatoms. The summed E-state index contributed by atoms with van der Waals surface area (Å²) in [5, 5.41) is 11.5. The molecule has 0 spiro atoms. The number of carboxylic acids is 1. The molecule has 0 bridgehead atoms. The van der Waals surface area contributed by atoms with Gasteiger partial charge in [0.05, 0.1) is 12.1 Å². The van der Waals surface area contributed by atoms with E-state index in [1.165, 1.54) is 16.2 Å². The summed E-state index contributed by atoms with van der Waals surface area (Å²) in [6, 6.07) is -0.362. The van der Waals surface area contributed by atoms with Crippen molar-refractivity contribution >= 4 is 23.3 Å². The van der Waals surface area contributed by atoms with E-state index in [1.807, 2.05) is 13.8 Å². The minimum absolute atomic E-state index is 0.221. The third kappa shape index (κ3) is 5.13. The van der Waals surface area contributed by atoms with E-state index in [2.05, 4.69) is 10.3 Å². The van der Waals surface area contributed by atoms with Gasteiger partial charge in [0.1, 0.15) is 6.54 Å². The summed E-state index contributed by atoms with van der Waals surface area (Å²) in [4.78, 5) is 28.7. The Morgan fingerprint density at radius 3 is 2.78 bits per heavy atom. The second kappa shape index (κ2) is 6.95. The number of hydrogen-bond acceptors (Lipinski definition) is 4.